The Labute approximate surface area is 99.2 Å². The normalized spacial score (nSPS) is 22.6. The number of oxazole rings is 1. The first-order chi connectivity index (χ1) is 7.99. The van der Waals surface area contributed by atoms with Crippen molar-refractivity contribution < 1.29 is 4.42 Å². The summed E-state index contributed by atoms with van der Waals surface area (Å²) in [5.74, 6) is -0.307. The highest BCUT2D eigenvalue weighted by molar-refractivity contribution is 5.74. The molecule has 4 nitrogen and oxygen atoms in total. The SMILES string of the molecule is Cn1c(=O)oc2ccc(C3NCC3(C)C)cc21. The lowest BCUT2D eigenvalue weighted by atomic mass is 9.74. The van der Waals surface area contributed by atoms with E-state index >= 15 is 0 Å². The molecule has 0 spiro atoms. The van der Waals surface area contributed by atoms with Crippen LogP contribution in [0.1, 0.15) is 25.5 Å². The molecule has 3 rings (SSSR count). The van der Waals surface area contributed by atoms with E-state index in [0.717, 1.165) is 12.1 Å². The zero-order valence-corrected chi connectivity index (χ0v) is 10.3. The van der Waals surface area contributed by atoms with Gasteiger partial charge in [0.2, 0.25) is 0 Å². The summed E-state index contributed by atoms with van der Waals surface area (Å²) >= 11 is 0. The highest BCUT2D eigenvalue weighted by atomic mass is 16.4. The summed E-state index contributed by atoms with van der Waals surface area (Å²) in [5, 5.41) is 3.43. The van der Waals surface area contributed by atoms with E-state index < -0.39 is 0 Å². The Balaban J connectivity index is 2.13. The van der Waals surface area contributed by atoms with Gasteiger partial charge in [-0.2, -0.15) is 0 Å². The first-order valence-electron chi connectivity index (χ1n) is 5.82. The summed E-state index contributed by atoms with van der Waals surface area (Å²) in [7, 11) is 1.73. The molecular weight excluding hydrogens is 216 g/mol. The van der Waals surface area contributed by atoms with Gasteiger partial charge in [0, 0.05) is 19.6 Å². The standard InChI is InChI=1S/C13H16N2O2/c1-13(2)7-14-11(13)8-4-5-10-9(6-8)15(3)12(16)17-10/h4-6,11,14H,7H2,1-3H3. The fourth-order valence-corrected chi connectivity index (χ4v) is 2.50. The molecule has 1 fully saturated rings. The highest BCUT2D eigenvalue weighted by Crippen LogP contribution is 2.40. The van der Waals surface area contributed by atoms with Crippen LogP contribution in [0.2, 0.25) is 0 Å². The average molecular weight is 232 g/mol. The zero-order valence-electron chi connectivity index (χ0n) is 10.3. The van der Waals surface area contributed by atoms with Crippen LogP contribution in [0, 0.1) is 5.41 Å². The molecule has 1 saturated heterocycles. The van der Waals surface area contributed by atoms with Crippen molar-refractivity contribution in [2.45, 2.75) is 19.9 Å². The zero-order chi connectivity index (χ0) is 12.2. The van der Waals surface area contributed by atoms with E-state index in [4.69, 9.17) is 4.42 Å². The van der Waals surface area contributed by atoms with Gasteiger partial charge in [-0.3, -0.25) is 4.57 Å². The number of aryl methyl sites for hydroxylation is 1. The van der Waals surface area contributed by atoms with Crippen LogP contribution >= 0.6 is 0 Å². The Hall–Kier alpha value is -1.55. The van der Waals surface area contributed by atoms with Crippen molar-refractivity contribution in [2.75, 3.05) is 6.54 Å². The molecule has 0 bridgehead atoms. The Kier molecular flexibility index (Phi) is 2.01. The molecule has 4 heteroatoms. The van der Waals surface area contributed by atoms with Gasteiger partial charge in [0.25, 0.3) is 0 Å². The summed E-state index contributed by atoms with van der Waals surface area (Å²) in [6.07, 6.45) is 0. The summed E-state index contributed by atoms with van der Waals surface area (Å²) < 4.78 is 6.67. The minimum Gasteiger partial charge on any atom is -0.408 e. The molecule has 0 saturated carbocycles. The summed E-state index contributed by atoms with van der Waals surface area (Å²) in [6.45, 7) is 5.51. The van der Waals surface area contributed by atoms with Crippen LogP contribution in [0.3, 0.4) is 0 Å². The van der Waals surface area contributed by atoms with Crippen molar-refractivity contribution in [1.82, 2.24) is 9.88 Å². The third-order valence-electron chi connectivity index (χ3n) is 3.69. The van der Waals surface area contributed by atoms with Crippen LogP contribution in [0.15, 0.2) is 27.4 Å². The molecule has 1 N–H and O–H groups in total. The summed E-state index contributed by atoms with van der Waals surface area (Å²) in [5.41, 5.74) is 3.00. The van der Waals surface area contributed by atoms with Gasteiger partial charge in [-0.15, -0.1) is 0 Å². The molecule has 1 aromatic carbocycles. The predicted molar refractivity (Wildman–Crippen MR) is 66.0 cm³/mol. The number of rotatable bonds is 1. The van der Waals surface area contributed by atoms with Crippen LogP contribution in [0.25, 0.3) is 11.1 Å². The number of hydrogen-bond donors (Lipinski definition) is 1. The number of fused-ring (bicyclic) bond motifs is 1. The molecule has 1 aliphatic rings. The maximum atomic E-state index is 11.4. The fourth-order valence-electron chi connectivity index (χ4n) is 2.50. The molecule has 1 aromatic heterocycles. The number of nitrogens with zero attached hydrogens (tertiary/aromatic N) is 1. The smallest absolute Gasteiger partial charge is 0.408 e. The third-order valence-corrected chi connectivity index (χ3v) is 3.69. The summed E-state index contributed by atoms with van der Waals surface area (Å²) in [6, 6.07) is 6.31. The average Bonchev–Trinajstić information content (AvgIpc) is 2.54. The molecule has 2 aromatic rings. The lowest BCUT2D eigenvalue weighted by molar-refractivity contribution is 0.128. The maximum absolute atomic E-state index is 11.4. The third kappa shape index (κ3) is 1.44. The number of hydrogen-bond acceptors (Lipinski definition) is 3. The second-order valence-electron chi connectivity index (χ2n) is 5.46. The van der Waals surface area contributed by atoms with Crippen molar-refractivity contribution in [1.29, 1.82) is 0 Å². The van der Waals surface area contributed by atoms with Gasteiger partial charge < -0.3 is 9.73 Å². The van der Waals surface area contributed by atoms with Gasteiger partial charge in [0.05, 0.1) is 5.52 Å². The van der Waals surface area contributed by atoms with E-state index in [1.54, 1.807) is 11.6 Å². The van der Waals surface area contributed by atoms with Crippen molar-refractivity contribution >= 4 is 11.1 Å². The van der Waals surface area contributed by atoms with Gasteiger partial charge in [0.1, 0.15) is 0 Å². The Morgan fingerprint density at radius 3 is 2.82 bits per heavy atom. The molecule has 1 aliphatic heterocycles. The van der Waals surface area contributed by atoms with Gasteiger partial charge in [-0.1, -0.05) is 19.9 Å². The topological polar surface area (TPSA) is 47.2 Å². The minimum absolute atomic E-state index is 0.274. The lowest BCUT2D eigenvalue weighted by Gasteiger charge is -2.46. The highest BCUT2D eigenvalue weighted by Gasteiger charge is 2.39. The largest absolute Gasteiger partial charge is 0.419 e. The van der Waals surface area contributed by atoms with E-state index in [1.165, 1.54) is 5.56 Å². The molecule has 1 unspecified atom stereocenters. The van der Waals surface area contributed by atoms with E-state index in [9.17, 15) is 4.79 Å². The van der Waals surface area contributed by atoms with Gasteiger partial charge >= 0.3 is 5.76 Å². The first-order valence-corrected chi connectivity index (χ1v) is 5.82. The second-order valence-corrected chi connectivity index (χ2v) is 5.46. The van der Waals surface area contributed by atoms with E-state index in [2.05, 4.69) is 19.2 Å². The molecule has 1 atom stereocenters. The summed E-state index contributed by atoms with van der Waals surface area (Å²) in [4.78, 5) is 11.4. The Morgan fingerprint density at radius 2 is 2.24 bits per heavy atom. The van der Waals surface area contributed by atoms with Crippen LogP contribution in [-0.4, -0.2) is 11.1 Å². The van der Waals surface area contributed by atoms with Gasteiger partial charge in [-0.05, 0) is 23.1 Å². The van der Waals surface area contributed by atoms with Crippen LogP contribution in [-0.2, 0) is 7.05 Å². The number of nitrogens with one attached hydrogen (secondary N) is 1. The first kappa shape index (κ1) is 10.6. The molecule has 2 heterocycles. The van der Waals surface area contributed by atoms with Crippen molar-refractivity contribution in [2.24, 2.45) is 12.5 Å². The molecule has 0 amide bonds. The molecule has 17 heavy (non-hydrogen) atoms. The Morgan fingerprint density at radius 1 is 1.47 bits per heavy atom. The van der Waals surface area contributed by atoms with Crippen molar-refractivity contribution in [3.05, 3.63) is 34.3 Å². The lowest BCUT2D eigenvalue weighted by Crippen LogP contribution is -2.52. The van der Waals surface area contributed by atoms with E-state index in [-0.39, 0.29) is 11.2 Å². The molecule has 0 radical (unpaired) electrons. The monoisotopic (exact) mass is 232 g/mol. The maximum Gasteiger partial charge on any atom is 0.419 e. The molecule has 90 valence electrons. The second kappa shape index (κ2) is 3.23. The number of aromatic nitrogens is 1. The van der Waals surface area contributed by atoms with E-state index in [0.29, 0.717) is 11.6 Å². The van der Waals surface area contributed by atoms with Crippen LogP contribution in [0.5, 0.6) is 0 Å². The number of benzene rings is 1. The van der Waals surface area contributed by atoms with E-state index in [1.807, 2.05) is 18.2 Å². The van der Waals surface area contributed by atoms with Gasteiger partial charge in [-0.25, -0.2) is 4.79 Å². The van der Waals surface area contributed by atoms with Crippen LogP contribution in [0.4, 0.5) is 0 Å². The van der Waals surface area contributed by atoms with Crippen LogP contribution < -0.4 is 11.1 Å². The minimum atomic E-state index is -0.307. The van der Waals surface area contributed by atoms with Crippen molar-refractivity contribution in [3.63, 3.8) is 0 Å². The van der Waals surface area contributed by atoms with Crippen molar-refractivity contribution in [3.8, 4) is 0 Å². The predicted octanol–water partition coefficient (Wildman–Crippen LogP) is 1.80. The Bertz CT molecular complexity index is 636. The quantitative estimate of drug-likeness (QED) is 0.815. The molecule has 0 aliphatic carbocycles. The van der Waals surface area contributed by atoms with Gasteiger partial charge in [0.15, 0.2) is 5.58 Å². The molecular formula is C13H16N2O2. The fraction of sp³-hybridized carbons (Fsp3) is 0.462.